The number of hydrazone groups is 1. The van der Waals surface area contributed by atoms with Crippen molar-refractivity contribution in [2.45, 2.75) is 31.0 Å². The molecule has 0 fully saturated rings. The molecule has 3 N–H and O–H groups in total. The van der Waals surface area contributed by atoms with Crippen LogP contribution in [0.5, 0.6) is 17.2 Å². The summed E-state index contributed by atoms with van der Waals surface area (Å²) < 4.78 is 48.7. The molecule has 0 atom stereocenters. The molecule has 6 aromatic rings. The highest BCUT2D eigenvalue weighted by atomic mass is 32.2. The fourth-order valence-corrected chi connectivity index (χ4v) is 8.51. The van der Waals surface area contributed by atoms with Gasteiger partial charge in [0.2, 0.25) is 10.0 Å². The first-order chi connectivity index (χ1) is 26.8. The molecule has 1 aliphatic rings. The van der Waals surface area contributed by atoms with Crippen molar-refractivity contribution in [2.75, 3.05) is 27.9 Å². The minimum Gasteiger partial charge on any atom is -0.497 e. The zero-order valence-electron chi connectivity index (χ0n) is 30.8. The van der Waals surface area contributed by atoms with Gasteiger partial charge in [0.25, 0.3) is 0 Å². The van der Waals surface area contributed by atoms with Gasteiger partial charge in [-0.15, -0.1) is 10.2 Å². The average molecular weight is 759 g/mol. The van der Waals surface area contributed by atoms with E-state index in [0.717, 1.165) is 38.9 Å². The smallest absolute Gasteiger partial charge is 0.244 e. The first-order valence-electron chi connectivity index (χ1n) is 17.7. The molecule has 0 bridgehead atoms. The summed E-state index contributed by atoms with van der Waals surface area (Å²) in [5, 5.41) is 17.6. The summed E-state index contributed by atoms with van der Waals surface area (Å²) in [5.41, 5.74) is 11.9. The molecule has 0 radical (unpaired) electrons. The third kappa shape index (κ3) is 8.10. The molecule has 5 aromatic carbocycles. The number of benzene rings is 5. The Kier molecular flexibility index (Phi) is 11.2. The average Bonchev–Trinajstić information content (AvgIpc) is 3.69. The summed E-state index contributed by atoms with van der Waals surface area (Å²) in [5.74, 6) is 2.36. The van der Waals surface area contributed by atoms with E-state index in [1.807, 2.05) is 109 Å². The number of pyridine rings is 1. The molecule has 0 saturated heterocycles. The van der Waals surface area contributed by atoms with Crippen LogP contribution in [0.25, 0.3) is 22.0 Å². The standard InChI is InChI=1S/C42H42N6O6S/c1-52-33-16-9-29(10-17-33)26-47(27-30-11-18-34(53-2)19-12-30)55(50,51)41-32(23-25-49)15-22-38(36-6-4-8-39-37(36)7-5-24-43-39)40(41)42-44-46-48(45-42)28-31-13-20-35(54-3)21-14-31/h4-22,24,46,49H,23,25-28H2,1-3H3,(H,44,45). The summed E-state index contributed by atoms with van der Waals surface area (Å²) >= 11 is 0. The quantitative estimate of drug-likeness (QED) is 0.114. The van der Waals surface area contributed by atoms with Crippen molar-refractivity contribution < 1.29 is 27.7 Å². The Morgan fingerprint density at radius 3 is 1.89 bits per heavy atom. The minimum atomic E-state index is -4.35. The number of nitrogens with zero attached hydrogens (tertiary/aromatic N) is 4. The Labute approximate surface area is 320 Å². The van der Waals surface area contributed by atoms with E-state index < -0.39 is 10.0 Å². The van der Waals surface area contributed by atoms with Crippen LogP contribution < -0.4 is 25.2 Å². The van der Waals surface area contributed by atoms with Crippen molar-refractivity contribution in [1.29, 1.82) is 0 Å². The molecule has 1 aromatic heterocycles. The van der Waals surface area contributed by atoms with E-state index in [4.69, 9.17) is 19.3 Å². The third-order valence-electron chi connectivity index (χ3n) is 9.45. The molecule has 0 spiro atoms. The van der Waals surface area contributed by atoms with Crippen LogP contribution in [0, 0.1) is 0 Å². The molecule has 282 valence electrons. The number of ether oxygens (including phenoxy) is 3. The van der Waals surface area contributed by atoms with Gasteiger partial charge in [-0.2, -0.15) is 4.31 Å². The van der Waals surface area contributed by atoms with Gasteiger partial charge in [-0.25, -0.2) is 14.0 Å². The number of methoxy groups -OCH3 is 3. The molecular weight excluding hydrogens is 717 g/mol. The zero-order valence-corrected chi connectivity index (χ0v) is 31.6. The van der Waals surface area contributed by atoms with Crippen LogP contribution in [-0.2, 0) is 36.1 Å². The van der Waals surface area contributed by atoms with Crippen LogP contribution in [0.4, 0.5) is 0 Å². The number of aliphatic hydroxyl groups is 1. The third-order valence-corrected chi connectivity index (χ3v) is 11.4. The van der Waals surface area contributed by atoms with Gasteiger partial charge in [0.1, 0.15) is 17.2 Å². The molecule has 0 amide bonds. The number of rotatable bonds is 15. The van der Waals surface area contributed by atoms with Gasteiger partial charge < -0.3 is 19.3 Å². The van der Waals surface area contributed by atoms with E-state index in [-0.39, 0.29) is 31.0 Å². The lowest BCUT2D eigenvalue weighted by atomic mass is 9.93. The number of sulfonamides is 1. The van der Waals surface area contributed by atoms with Gasteiger partial charge in [0, 0.05) is 36.8 Å². The van der Waals surface area contributed by atoms with Crippen molar-refractivity contribution >= 4 is 26.8 Å². The van der Waals surface area contributed by atoms with Crippen molar-refractivity contribution in [2.24, 2.45) is 5.10 Å². The lowest BCUT2D eigenvalue weighted by Crippen LogP contribution is -2.41. The second-order valence-corrected chi connectivity index (χ2v) is 14.8. The number of fused-ring (bicyclic) bond motifs is 1. The van der Waals surface area contributed by atoms with Gasteiger partial charge in [-0.3, -0.25) is 10.4 Å². The molecule has 7 rings (SSSR count). The van der Waals surface area contributed by atoms with E-state index in [1.165, 1.54) is 4.31 Å². The number of hydrogen-bond donors (Lipinski definition) is 3. The van der Waals surface area contributed by atoms with Gasteiger partial charge >= 0.3 is 0 Å². The molecular formula is C42H42N6O6S. The number of aromatic nitrogens is 1. The Morgan fingerprint density at radius 2 is 1.31 bits per heavy atom. The predicted octanol–water partition coefficient (Wildman–Crippen LogP) is 6.04. The normalized spacial score (nSPS) is 13.0. The van der Waals surface area contributed by atoms with Crippen molar-refractivity contribution in [1.82, 2.24) is 25.4 Å². The van der Waals surface area contributed by atoms with Gasteiger partial charge in [-0.1, -0.05) is 66.7 Å². The molecule has 0 unspecified atom stereocenters. The summed E-state index contributed by atoms with van der Waals surface area (Å²) in [6.07, 6.45) is 1.82. The molecule has 2 heterocycles. The number of nitrogens with one attached hydrogen (secondary N) is 2. The van der Waals surface area contributed by atoms with E-state index in [2.05, 4.69) is 15.9 Å². The molecule has 55 heavy (non-hydrogen) atoms. The van der Waals surface area contributed by atoms with Crippen LogP contribution >= 0.6 is 0 Å². The summed E-state index contributed by atoms with van der Waals surface area (Å²) in [4.78, 5) is 4.62. The van der Waals surface area contributed by atoms with E-state index in [1.54, 1.807) is 38.7 Å². The summed E-state index contributed by atoms with van der Waals surface area (Å²) in [6.45, 7) is 0.239. The number of hydrazine groups is 2. The molecule has 13 heteroatoms. The maximum atomic E-state index is 15.6. The zero-order chi connectivity index (χ0) is 38.4. The first-order valence-corrected chi connectivity index (χ1v) is 19.1. The van der Waals surface area contributed by atoms with Gasteiger partial charge in [-0.05, 0) is 88.3 Å². The summed E-state index contributed by atoms with van der Waals surface area (Å²) in [7, 11) is 0.442. The maximum absolute atomic E-state index is 15.6. The predicted molar refractivity (Wildman–Crippen MR) is 212 cm³/mol. The number of amidine groups is 1. The molecule has 1 aliphatic heterocycles. The van der Waals surface area contributed by atoms with Crippen LogP contribution in [0.1, 0.15) is 27.8 Å². The molecule has 0 saturated carbocycles. The largest absolute Gasteiger partial charge is 0.497 e. The molecule has 12 nitrogen and oxygen atoms in total. The Hall–Kier alpha value is -5.99. The topological polar surface area (TPSA) is 138 Å². The van der Waals surface area contributed by atoms with Crippen molar-refractivity contribution in [3.63, 3.8) is 0 Å². The van der Waals surface area contributed by atoms with Crippen molar-refractivity contribution in [3.05, 3.63) is 149 Å². The van der Waals surface area contributed by atoms with Crippen LogP contribution in [0.3, 0.4) is 0 Å². The van der Waals surface area contributed by atoms with E-state index in [9.17, 15) is 5.11 Å². The van der Waals surface area contributed by atoms with E-state index in [0.29, 0.717) is 40.6 Å². The fraction of sp³-hybridized carbons (Fsp3) is 0.190. The SMILES string of the molecule is COc1ccc(CN2NN=C(c3c(-c4cccc5ncccc45)ccc(CCO)c3S(=O)(=O)N(Cc3ccc(OC)cc3)Cc3ccc(OC)cc3)N2)cc1. The number of aliphatic hydroxyl groups excluding tert-OH is 1. The van der Waals surface area contributed by atoms with Crippen LogP contribution in [0.2, 0.25) is 0 Å². The van der Waals surface area contributed by atoms with Gasteiger partial charge in [0.05, 0.1) is 38.3 Å². The summed E-state index contributed by atoms with van der Waals surface area (Å²) in [6, 6.07) is 35.6. The highest BCUT2D eigenvalue weighted by molar-refractivity contribution is 7.89. The first kappa shape index (κ1) is 37.3. The Bertz CT molecular complexity index is 2350. The lowest BCUT2D eigenvalue weighted by Gasteiger charge is -2.27. The van der Waals surface area contributed by atoms with Crippen LogP contribution in [0.15, 0.2) is 131 Å². The van der Waals surface area contributed by atoms with Gasteiger partial charge in [0.15, 0.2) is 5.84 Å². The molecule has 0 aliphatic carbocycles. The fourth-order valence-electron chi connectivity index (χ4n) is 6.65. The Balaban J connectivity index is 1.40. The second-order valence-electron chi connectivity index (χ2n) is 12.9. The highest BCUT2D eigenvalue weighted by Crippen LogP contribution is 2.38. The minimum absolute atomic E-state index is 0.0429. The van der Waals surface area contributed by atoms with Crippen molar-refractivity contribution in [3.8, 4) is 28.4 Å². The monoisotopic (exact) mass is 758 g/mol. The second kappa shape index (κ2) is 16.6. The highest BCUT2D eigenvalue weighted by Gasteiger charge is 2.35. The number of hydrogen-bond acceptors (Lipinski definition) is 11. The Morgan fingerprint density at radius 1 is 0.709 bits per heavy atom. The van der Waals surface area contributed by atoms with E-state index >= 15 is 8.42 Å². The lowest BCUT2D eigenvalue weighted by molar-refractivity contribution is 0.170. The van der Waals surface area contributed by atoms with Crippen LogP contribution in [-0.4, -0.2) is 61.7 Å². The maximum Gasteiger partial charge on any atom is 0.244 e.